The van der Waals surface area contributed by atoms with Gasteiger partial charge in [0.15, 0.2) is 12.4 Å². The van der Waals surface area contributed by atoms with Gasteiger partial charge in [-0.25, -0.2) is 4.79 Å². The Morgan fingerprint density at radius 3 is 2.61 bits per heavy atom. The van der Waals surface area contributed by atoms with E-state index in [0.29, 0.717) is 11.5 Å². The van der Waals surface area contributed by atoms with Gasteiger partial charge in [0, 0.05) is 27.6 Å². The summed E-state index contributed by atoms with van der Waals surface area (Å²) in [5, 5.41) is 13.1. The molecule has 6 nitrogen and oxygen atoms in total. The van der Waals surface area contributed by atoms with Gasteiger partial charge in [0.1, 0.15) is 11.6 Å². The Kier molecular flexibility index (Phi) is 5.81. The molecule has 0 bridgehead atoms. The van der Waals surface area contributed by atoms with E-state index in [-0.39, 0.29) is 12.2 Å². The number of ether oxygens (including phenoxy) is 1. The summed E-state index contributed by atoms with van der Waals surface area (Å²) in [5.41, 5.74) is 4.32. The number of carbonyl (C=O) groups is 1. The van der Waals surface area contributed by atoms with Crippen LogP contribution >= 0.6 is 15.9 Å². The first-order chi connectivity index (χ1) is 13.4. The van der Waals surface area contributed by atoms with E-state index in [4.69, 9.17) is 9.26 Å². The van der Waals surface area contributed by atoms with E-state index in [2.05, 4.69) is 25.7 Å². The third-order valence-corrected chi connectivity index (χ3v) is 4.75. The zero-order chi connectivity index (χ0) is 20.3. The van der Waals surface area contributed by atoms with Gasteiger partial charge < -0.3 is 13.8 Å². The molecule has 0 saturated heterocycles. The highest BCUT2D eigenvalue weighted by Gasteiger charge is 2.15. The zero-order valence-corrected chi connectivity index (χ0v) is 17.3. The Labute approximate surface area is 171 Å². The van der Waals surface area contributed by atoms with Crippen LogP contribution in [0, 0.1) is 32.1 Å². The molecule has 2 aromatic heterocycles. The van der Waals surface area contributed by atoms with Gasteiger partial charge in [0.25, 0.3) is 0 Å². The van der Waals surface area contributed by atoms with Crippen LogP contribution in [0.1, 0.15) is 28.4 Å². The predicted octanol–water partition coefficient (Wildman–Crippen LogP) is 4.80. The van der Waals surface area contributed by atoms with Crippen LogP contribution in [0.15, 0.2) is 51.0 Å². The van der Waals surface area contributed by atoms with Crippen LogP contribution in [0.3, 0.4) is 0 Å². The maximum absolute atomic E-state index is 12.3. The van der Waals surface area contributed by atoms with Crippen LogP contribution in [0.2, 0.25) is 0 Å². The first-order valence-electron chi connectivity index (χ1n) is 8.55. The lowest BCUT2D eigenvalue weighted by molar-refractivity contribution is -0.140. The molecule has 0 amide bonds. The first-order valence-corrected chi connectivity index (χ1v) is 9.34. The van der Waals surface area contributed by atoms with Crippen molar-refractivity contribution >= 4 is 28.0 Å². The Morgan fingerprint density at radius 1 is 1.29 bits per heavy atom. The van der Waals surface area contributed by atoms with Crippen molar-refractivity contribution in [2.45, 2.75) is 27.4 Å². The van der Waals surface area contributed by atoms with E-state index >= 15 is 0 Å². The second kappa shape index (κ2) is 8.28. The minimum atomic E-state index is -0.704. The molecule has 3 aromatic rings. The second-order valence-corrected chi connectivity index (χ2v) is 7.23. The number of aryl methyl sites for hydroxylation is 2. The van der Waals surface area contributed by atoms with E-state index < -0.39 is 5.97 Å². The number of hydrogen-bond donors (Lipinski definition) is 0. The molecular weight excluding hydrogens is 422 g/mol. The standard InChI is InChI=1S/C21H18BrN3O3/c1-13-8-20(28-24-13)12-27-21(26)17(11-23)10-16-9-14(2)25(15(16)3)19-6-4-18(22)5-7-19/h4-10H,12H2,1-3H3/b17-10+. The Bertz CT molecular complexity index is 1090. The van der Waals surface area contributed by atoms with Gasteiger partial charge in [0.05, 0.1) is 5.69 Å². The number of aromatic nitrogens is 2. The molecule has 3 rings (SSSR count). The van der Waals surface area contributed by atoms with Gasteiger partial charge >= 0.3 is 5.97 Å². The summed E-state index contributed by atoms with van der Waals surface area (Å²) in [6.07, 6.45) is 1.55. The molecule has 0 aliphatic heterocycles. The Morgan fingerprint density at radius 2 is 2.00 bits per heavy atom. The van der Waals surface area contributed by atoms with Crippen molar-refractivity contribution in [3.8, 4) is 11.8 Å². The Balaban J connectivity index is 1.84. The molecule has 0 aliphatic rings. The molecule has 0 spiro atoms. The number of halogens is 1. The number of rotatable bonds is 5. The van der Waals surface area contributed by atoms with Crippen LogP contribution in [-0.2, 0) is 16.1 Å². The van der Waals surface area contributed by atoms with Gasteiger partial charge in [-0.3, -0.25) is 0 Å². The maximum Gasteiger partial charge on any atom is 0.349 e. The van der Waals surface area contributed by atoms with Crippen LogP contribution in [0.5, 0.6) is 0 Å². The van der Waals surface area contributed by atoms with Gasteiger partial charge in [-0.1, -0.05) is 21.1 Å². The largest absolute Gasteiger partial charge is 0.453 e. The molecule has 2 heterocycles. The minimum absolute atomic E-state index is 0.0728. The summed E-state index contributed by atoms with van der Waals surface area (Å²) in [5.74, 6) is -0.276. The number of benzene rings is 1. The Hall–Kier alpha value is -3.11. The van der Waals surface area contributed by atoms with Gasteiger partial charge in [0.2, 0.25) is 0 Å². The summed E-state index contributed by atoms with van der Waals surface area (Å²) in [4.78, 5) is 12.3. The summed E-state index contributed by atoms with van der Waals surface area (Å²) < 4.78 is 13.2. The summed E-state index contributed by atoms with van der Waals surface area (Å²) in [7, 11) is 0. The van der Waals surface area contributed by atoms with Crippen molar-refractivity contribution in [1.29, 1.82) is 5.26 Å². The maximum atomic E-state index is 12.3. The molecule has 0 atom stereocenters. The predicted molar refractivity (Wildman–Crippen MR) is 108 cm³/mol. The van der Waals surface area contributed by atoms with E-state index in [1.165, 1.54) is 0 Å². The second-order valence-electron chi connectivity index (χ2n) is 6.32. The van der Waals surface area contributed by atoms with Crippen LogP contribution in [0.25, 0.3) is 11.8 Å². The lowest BCUT2D eigenvalue weighted by Crippen LogP contribution is -2.06. The molecule has 28 heavy (non-hydrogen) atoms. The first kappa shape index (κ1) is 19.6. The number of hydrogen-bond acceptors (Lipinski definition) is 5. The molecule has 0 fully saturated rings. The highest BCUT2D eigenvalue weighted by Crippen LogP contribution is 2.24. The molecule has 7 heteroatoms. The topological polar surface area (TPSA) is 81.0 Å². The molecule has 142 valence electrons. The average molecular weight is 440 g/mol. The zero-order valence-electron chi connectivity index (χ0n) is 15.7. The lowest BCUT2D eigenvalue weighted by Gasteiger charge is -2.09. The van der Waals surface area contributed by atoms with Crippen molar-refractivity contribution in [3.05, 3.63) is 74.8 Å². The average Bonchev–Trinajstić information content (AvgIpc) is 3.21. The van der Waals surface area contributed by atoms with E-state index in [1.54, 1.807) is 19.1 Å². The van der Waals surface area contributed by atoms with Crippen molar-refractivity contribution in [1.82, 2.24) is 9.72 Å². The van der Waals surface area contributed by atoms with Gasteiger partial charge in [-0.15, -0.1) is 0 Å². The number of esters is 1. The molecule has 0 N–H and O–H groups in total. The molecule has 0 unspecified atom stereocenters. The summed E-state index contributed by atoms with van der Waals surface area (Å²) >= 11 is 3.43. The van der Waals surface area contributed by atoms with Crippen molar-refractivity contribution < 1.29 is 14.1 Å². The lowest BCUT2D eigenvalue weighted by atomic mass is 10.1. The summed E-state index contributed by atoms with van der Waals surface area (Å²) in [6, 6.07) is 13.5. The van der Waals surface area contributed by atoms with Crippen LogP contribution in [0.4, 0.5) is 0 Å². The van der Waals surface area contributed by atoms with Crippen molar-refractivity contribution in [3.63, 3.8) is 0 Å². The van der Waals surface area contributed by atoms with E-state index in [1.807, 2.05) is 50.2 Å². The number of nitrogens with zero attached hydrogens (tertiary/aromatic N) is 3. The van der Waals surface area contributed by atoms with Gasteiger partial charge in [-0.05, 0) is 62.7 Å². The monoisotopic (exact) mass is 439 g/mol. The fraction of sp³-hybridized carbons (Fsp3) is 0.190. The fourth-order valence-corrected chi connectivity index (χ4v) is 3.18. The third kappa shape index (κ3) is 4.24. The number of carbonyl (C=O) groups excluding carboxylic acids is 1. The van der Waals surface area contributed by atoms with Crippen LogP contribution in [-0.4, -0.2) is 15.7 Å². The molecule has 0 aliphatic carbocycles. The fourth-order valence-electron chi connectivity index (χ4n) is 2.91. The van der Waals surface area contributed by atoms with E-state index in [9.17, 15) is 10.1 Å². The minimum Gasteiger partial charge on any atom is -0.453 e. The normalized spacial score (nSPS) is 11.3. The third-order valence-electron chi connectivity index (χ3n) is 4.22. The molecule has 0 radical (unpaired) electrons. The SMILES string of the molecule is Cc1cc(COC(=O)/C(C#N)=C/c2cc(C)n(-c3ccc(Br)cc3)c2C)on1. The molecule has 1 aromatic carbocycles. The smallest absolute Gasteiger partial charge is 0.349 e. The quantitative estimate of drug-likeness (QED) is 0.323. The molecular formula is C21H18BrN3O3. The highest BCUT2D eigenvalue weighted by atomic mass is 79.9. The molecule has 0 saturated carbocycles. The van der Waals surface area contributed by atoms with Crippen LogP contribution < -0.4 is 0 Å². The summed E-state index contributed by atoms with van der Waals surface area (Å²) in [6.45, 7) is 5.62. The van der Waals surface area contributed by atoms with E-state index in [0.717, 1.165) is 27.1 Å². The van der Waals surface area contributed by atoms with Crippen molar-refractivity contribution in [2.24, 2.45) is 0 Å². The highest BCUT2D eigenvalue weighted by molar-refractivity contribution is 9.10. The van der Waals surface area contributed by atoms with Gasteiger partial charge in [-0.2, -0.15) is 5.26 Å². The van der Waals surface area contributed by atoms with Crippen molar-refractivity contribution in [2.75, 3.05) is 0 Å². The number of nitriles is 1.